The zero-order valence-corrected chi connectivity index (χ0v) is 19.6. The van der Waals surface area contributed by atoms with Gasteiger partial charge in [0.15, 0.2) is 0 Å². The summed E-state index contributed by atoms with van der Waals surface area (Å²) in [7, 11) is 0. The summed E-state index contributed by atoms with van der Waals surface area (Å²) >= 11 is 5.99. The molecule has 0 spiro atoms. The molecule has 2 aromatic heterocycles. The van der Waals surface area contributed by atoms with Gasteiger partial charge in [0, 0.05) is 5.02 Å². The minimum Gasteiger partial charge on any atom is -0.449 e. The van der Waals surface area contributed by atoms with Crippen LogP contribution in [0.4, 0.5) is 0 Å². The molecule has 180 valence electrons. The molecule has 3 aromatic carbocycles. The van der Waals surface area contributed by atoms with Crippen molar-refractivity contribution in [1.29, 1.82) is 0 Å². The molecular weight excluding hydrogens is 482 g/mol. The molecule has 0 amide bonds. The first kappa shape index (κ1) is 23.4. The van der Waals surface area contributed by atoms with Gasteiger partial charge in [-0.2, -0.15) is 9.78 Å². The number of aliphatic hydroxyl groups is 2. The molecule has 2 heterocycles. The molecule has 0 saturated heterocycles. The predicted octanol–water partition coefficient (Wildman–Crippen LogP) is 3.91. The first-order chi connectivity index (χ1) is 17.6. The second kappa shape index (κ2) is 10.1. The van der Waals surface area contributed by atoms with Gasteiger partial charge >= 0.3 is 5.56 Å². The molecule has 0 bridgehead atoms. The van der Waals surface area contributed by atoms with E-state index in [9.17, 15) is 15.0 Å². The van der Waals surface area contributed by atoms with Gasteiger partial charge in [-0.1, -0.05) is 59.3 Å². The Morgan fingerprint density at radius 2 is 1.53 bits per heavy atom. The molecule has 9 nitrogen and oxygen atoms in total. The van der Waals surface area contributed by atoms with Crippen LogP contribution >= 0.6 is 11.6 Å². The van der Waals surface area contributed by atoms with E-state index in [1.165, 1.54) is 15.6 Å². The van der Waals surface area contributed by atoms with Gasteiger partial charge in [-0.25, -0.2) is 4.68 Å². The van der Waals surface area contributed by atoms with Crippen LogP contribution in [0.15, 0.2) is 89.9 Å². The number of rotatable bonds is 7. The lowest BCUT2D eigenvalue weighted by molar-refractivity contribution is 0.252. The molecule has 0 fully saturated rings. The summed E-state index contributed by atoms with van der Waals surface area (Å²) in [5.74, 6) is 0.325. The molecule has 0 radical (unpaired) electrons. The fourth-order valence-electron chi connectivity index (χ4n) is 3.71. The Bertz CT molecular complexity index is 1550. The van der Waals surface area contributed by atoms with Gasteiger partial charge in [-0.3, -0.25) is 4.79 Å². The van der Waals surface area contributed by atoms with E-state index in [0.29, 0.717) is 16.5 Å². The summed E-state index contributed by atoms with van der Waals surface area (Å²) in [6.07, 6.45) is 1.39. The molecule has 5 aromatic rings. The normalized spacial score (nSPS) is 11.0. The number of hydrogen-bond acceptors (Lipinski definition) is 7. The third-order valence-corrected chi connectivity index (χ3v) is 5.79. The van der Waals surface area contributed by atoms with E-state index < -0.39 is 18.8 Å². The molecule has 0 aliphatic carbocycles. The Hall–Kier alpha value is -4.31. The van der Waals surface area contributed by atoms with Crippen LogP contribution in [0.5, 0.6) is 11.5 Å². The van der Waals surface area contributed by atoms with Crippen LogP contribution in [0, 0.1) is 0 Å². The van der Waals surface area contributed by atoms with Gasteiger partial charge in [0.1, 0.15) is 17.1 Å². The molecular formula is C26H20ClN5O4. The van der Waals surface area contributed by atoms with E-state index in [1.54, 1.807) is 36.4 Å². The lowest BCUT2D eigenvalue weighted by Gasteiger charge is -2.14. The number of benzene rings is 3. The molecule has 0 atom stereocenters. The van der Waals surface area contributed by atoms with Crippen LogP contribution in [0.3, 0.4) is 0 Å². The lowest BCUT2D eigenvalue weighted by atomic mass is 10.1. The number of nitrogens with zero attached hydrogens (tertiary/aromatic N) is 5. The molecule has 36 heavy (non-hydrogen) atoms. The van der Waals surface area contributed by atoms with E-state index in [-0.39, 0.29) is 22.8 Å². The predicted molar refractivity (Wildman–Crippen MR) is 134 cm³/mol. The smallest absolute Gasteiger partial charge is 0.316 e. The van der Waals surface area contributed by atoms with E-state index in [4.69, 9.17) is 16.3 Å². The number of halogens is 1. The quantitative estimate of drug-likeness (QED) is 0.347. The number of hydrogen-bond donors (Lipinski definition) is 2. The molecule has 0 unspecified atom stereocenters. The highest BCUT2D eigenvalue weighted by Crippen LogP contribution is 2.28. The van der Waals surface area contributed by atoms with E-state index in [1.807, 2.05) is 42.5 Å². The maximum Gasteiger partial charge on any atom is 0.316 e. The van der Waals surface area contributed by atoms with E-state index >= 15 is 0 Å². The summed E-state index contributed by atoms with van der Waals surface area (Å²) in [5, 5.41) is 32.1. The van der Waals surface area contributed by atoms with Crippen LogP contribution in [0.1, 0.15) is 11.4 Å². The highest BCUT2D eigenvalue weighted by molar-refractivity contribution is 6.30. The summed E-state index contributed by atoms with van der Waals surface area (Å²) in [5.41, 5.74) is 2.51. The Morgan fingerprint density at radius 1 is 0.833 bits per heavy atom. The molecule has 2 N–H and O–H groups in total. The third-order valence-electron chi connectivity index (χ3n) is 5.54. The second-order valence-corrected chi connectivity index (χ2v) is 8.19. The number of aliphatic hydroxyl groups excluding tert-OH is 2. The average Bonchev–Trinajstić information content (AvgIpc) is 3.34. The van der Waals surface area contributed by atoms with Crippen molar-refractivity contribution in [1.82, 2.24) is 24.8 Å². The fraction of sp³-hybridized carbons (Fsp3) is 0.0769. The Morgan fingerprint density at radius 3 is 2.19 bits per heavy atom. The van der Waals surface area contributed by atoms with Crippen LogP contribution in [0.2, 0.25) is 5.02 Å². The summed E-state index contributed by atoms with van der Waals surface area (Å²) < 4.78 is 8.49. The molecule has 0 aliphatic rings. The first-order valence-electron chi connectivity index (χ1n) is 11.0. The highest BCUT2D eigenvalue weighted by atomic mass is 35.5. The monoisotopic (exact) mass is 501 g/mol. The minimum atomic E-state index is -0.563. The standard InChI is InChI=1S/C26H20ClN5O4/c27-19-8-10-20(11-9-19)31-26(35)25(23(14-28-31)32-24(16-34)22(15-33)29-30-32)36-21-12-6-18(7-13-21)17-4-2-1-3-5-17/h1-14,33-34H,15-16H2. The Kier molecular flexibility index (Phi) is 6.59. The molecule has 0 saturated carbocycles. The topological polar surface area (TPSA) is 115 Å². The van der Waals surface area contributed by atoms with Gasteiger partial charge in [0.2, 0.25) is 5.75 Å². The van der Waals surface area contributed by atoms with Gasteiger partial charge in [0.25, 0.3) is 0 Å². The molecule has 5 rings (SSSR count). The second-order valence-electron chi connectivity index (χ2n) is 7.76. The number of aromatic nitrogens is 5. The van der Waals surface area contributed by atoms with Crippen molar-refractivity contribution in [3.63, 3.8) is 0 Å². The highest BCUT2D eigenvalue weighted by Gasteiger charge is 2.22. The van der Waals surface area contributed by atoms with Crippen molar-refractivity contribution in [2.24, 2.45) is 0 Å². The van der Waals surface area contributed by atoms with E-state index in [2.05, 4.69) is 15.4 Å². The largest absolute Gasteiger partial charge is 0.449 e. The minimum absolute atomic E-state index is 0.0866. The fourth-order valence-corrected chi connectivity index (χ4v) is 3.84. The average molecular weight is 502 g/mol. The van der Waals surface area contributed by atoms with Crippen molar-refractivity contribution in [2.75, 3.05) is 0 Å². The third kappa shape index (κ3) is 4.50. The Labute approximate surface area is 210 Å². The van der Waals surface area contributed by atoms with E-state index in [0.717, 1.165) is 11.1 Å². The number of ether oxygens (including phenoxy) is 1. The van der Waals surface area contributed by atoms with Crippen LogP contribution in [0.25, 0.3) is 22.5 Å². The van der Waals surface area contributed by atoms with Gasteiger partial charge in [0.05, 0.1) is 30.8 Å². The zero-order chi connectivity index (χ0) is 25.1. The zero-order valence-electron chi connectivity index (χ0n) is 18.8. The first-order valence-corrected chi connectivity index (χ1v) is 11.3. The van der Waals surface area contributed by atoms with Crippen molar-refractivity contribution in [2.45, 2.75) is 13.2 Å². The van der Waals surface area contributed by atoms with Gasteiger partial charge in [-0.05, 0) is 47.5 Å². The van der Waals surface area contributed by atoms with Crippen molar-refractivity contribution in [3.05, 3.63) is 112 Å². The Balaban J connectivity index is 1.61. The maximum atomic E-state index is 13.6. The lowest BCUT2D eigenvalue weighted by Crippen LogP contribution is -2.24. The van der Waals surface area contributed by atoms with Crippen LogP contribution in [-0.4, -0.2) is 35.0 Å². The summed E-state index contributed by atoms with van der Waals surface area (Å²) in [6, 6.07) is 23.8. The van der Waals surface area contributed by atoms with Gasteiger partial charge in [-0.15, -0.1) is 5.10 Å². The van der Waals surface area contributed by atoms with Gasteiger partial charge < -0.3 is 14.9 Å². The molecule has 10 heteroatoms. The van der Waals surface area contributed by atoms with Crippen molar-refractivity contribution >= 4 is 11.6 Å². The maximum absolute atomic E-state index is 13.6. The summed E-state index contributed by atoms with van der Waals surface area (Å²) in [6.45, 7) is -0.892. The van der Waals surface area contributed by atoms with Crippen LogP contribution in [-0.2, 0) is 13.2 Å². The van der Waals surface area contributed by atoms with Crippen molar-refractivity contribution in [3.8, 4) is 34.0 Å². The van der Waals surface area contributed by atoms with Crippen LogP contribution < -0.4 is 10.3 Å². The molecule has 0 aliphatic heterocycles. The summed E-state index contributed by atoms with van der Waals surface area (Å²) in [4.78, 5) is 13.6. The van der Waals surface area contributed by atoms with Crippen molar-refractivity contribution < 1.29 is 14.9 Å². The SMILES string of the molecule is O=c1c(Oc2ccc(-c3ccccc3)cc2)c(-n2nnc(CO)c2CO)cnn1-c1ccc(Cl)cc1.